The van der Waals surface area contributed by atoms with Crippen molar-refractivity contribution >= 4 is 6.29 Å². The van der Waals surface area contributed by atoms with Crippen LogP contribution in [0.3, 0.4) is 0 Å². The summed E-state index contributed by atoms with van der Waals surface area (Å²) in [4.78, 5) is 20.7. The first-order valence-corrected chi connectivity index (χ1v) is 4.50. The first kappa shape index (κ1) is 10.8. The summed E-state index contributed by atoms with van der Waals surface area (Å²) in [5, 5.41) is 10.4. The van der Waals surface area contributed by atoms with E-state index in [1.165, 1.54) is 0 Å². The van der Waals surface area contributed by atoms with Crippen molar-refractivity contribution in [3.63, 3.8) is 0 Å². The number of hydrogen-bond donors (Lipinski definition) is 1. The van der Waals surface area contributed by atoms with Crippen molar-refractivity contribution in [2.75, 3.05) is 6.54 Å². The molecule has 0 unspecified atom stereocenters. The number of carbonyl (C=O) groups excluding carboxylic acids is 1. The molecule has 3 atom stereocenters. The van der Waals surface area contributed by atoms with Crippen LogP contribution >= 0.6 is 0 Å². The van der Waals surface area contributed by atoms with Crippen LogP contribution in [0.1, 0.15) is 12.8 Å². The highest BCUT2D eigenvalue weighted by molar-refractivity contribution is 5.64. The fourth-order valence-electron chi connectivity index (χ4n) is 2.09. The van der Waals surface area contributed by atoms with E-state index >= 15 is 0 Å². The van der Waals surface area contributed by atoms with Gasteiger partial charge in [-0.3, -0.25) is 10.1 Å². The minimum Gasteiger partial charge on any atom is -0.319 e. The summed E-state index contributed by atoms with van der Waals surface area (Å²) in [5.41, 5.74) is 4.86. The molecule has 78 valence electrons. The van der Waals surface area contributed by atoms with Gasteiger partial charge in [-0.25, -0.2) is 0 Å². The monoisotopic (exact) mass is 198 g/mol. The van der Waals surface area contributed by atoms with Crippen molar-refractivity contribution in [1.82, 2.24) is 0 Å². The van der Waals surface area contributed by atoms with Gasteiger partial charge in [0.25, 0.3) is 0 Å². The minimum atomic E-state index is -0.889. The van der Waals surface area contributed by atoms with Crippen LogP contribution < -0.4 is 5.73 Å². The summed E-state index contributed by atoms with van der Waals surface area (Å²) in [6.45, 7) is 3.47. The lowest BCUT2D eigenvalue weighted by molar-refractivity contribution is -0.489. The van der Waals surface area contributed by atoms with E-state index in [1.807, 2.05) is 0 Å². The number of aldehydes is 1. The molecule has 0 saturated heterocycles. The van der Waals surface area contributed by atoms with E-state index < -0.39 is 5.54 Å². The Hall–Kier alpha value is -1.23. The molecule has 0 radical (unpaired) electrons. The van der Waals surface area contributed by atoms with Crippen LogP contribution in [0.25, 0.3) is 0 Å². The minimum absolute atomic E-state index is 0.0180. The smallest absolute Gasteiger partial charge is 0.207 e. The number of hydrogen-bond acceptors (Lipinski definition) is 4. The molecule has 1 fully saturated rings. The van der Waals surface area contributed by atoms with Crippen molar-refractivity contribution in [2.45, 2.75) is 18.4 Å². The van der Waals surface area contributed by atoms with Crippen LogP contribution in [0.5, 0.6) is 0 Å². The zero-order valence-electron chi connectivity index (χ0n) is 7.89. The lowest BCUT2D eigenvalue weighted by atomic mass is 9.97. The van der Waals surface area contributed by atoms with Gasteiger partial charge in [-0.2, -0.15) is 0 Å². The van der Waals surface area contributed by atoms with E-state index in [0.29, 0.717) is 19.1 Å². The fraction of sp³-hybridized carbons (Fsp3) is 0.667. The van der Waals surface area contributed by atoms with E-state index in [2.05, 4.69) is 6.58 Å². The average Bonchev–Trinajstić information content (AvgIpc) is 2.42. The van der Waals surface area contributed by atoms with Crippen LogP contribution in [0, 0.1) is 22.0 Å². The Morgan fingerprint density at radius 3 is 2.71 bits per heavy atom. The van der Waals surface area contributed by atoms with Crippen molar-refractivity contribution in [3.8, 4) is 0 Å². The van der Waals surface area contributed by atoms with Crippen LogP contribution in [0.2, 0.25) is 0 Å². The molecular formula is C9H14N2O3. The Morgan fingerprint density at radius 1 is 1.64 bits per heavy atom. The normalized spacial score (nSPS) is 36.6. The summed E-state index contributed by atoms with van der Waals surface area (Å²) in [7, 11) is 0. The van der Waals surface area contributed by atoms with E-state index in [4.69, 9.17) is 5.73 Å². The van der Waals surface area contributed by atoms with Gasteiger partial charge in [0.2, 0.25) is 6.54 Å². The zero-order valence-corrected chi connectivity index (χ0v) is 7.89. The third-order valence-corrected chi connectivity index (χ3v) is 2.78. The maximum Gasteiger partial charge on any atom is 0.207 e. The van der Waals surface area contributed by atoms with Gasteiger partial charge in [0, 0.05) is 10.8 Å². The van der Waals surface area contributed by atoms with E-state index in [1.54, 1.807) is 6.08 Å². The maximum atomic E-state index is 10.7. The number of carbonyl (C=O) groups is 1. The summed E-state index contributed by atoms with van der Waals surface area (Å²) < 4.78 is 0. The summed E-state index contributed by atoms with van der Waals surface area (Å²) in [6, 6.07) is 0. The molecule has 5 nitrogen and oxygen atoms in total. The van der Waals surface area contributed by atoms with E-state index in [0.717, 1.165) is 0 Å². The third kappa shape index (κ3) is 2.17. The van der Waals surface area contributed by atoms with Crippen molar-refractivity contribution in [3.05, 3.63) is 22.8 Å². The molecule has 0 aromatic rings. The molecule has 1 rings (SSSR count). The van der Waals surface area contributed by atoms with Crippen LogP contribution in [-0.2, 0) is 4.79 Å². The number of rotatable bonds is 4. The molecular weight excluding hydrogens is 184 g/mol. The molecule has 0 bridgehead atoms. The van der Waals surface area contributed by atoms with Gasteiger partial charge in [0.05, 0.1) is 5.54 Å². The lowest BCUT2D eigenvalue weighted by Crippen LogP contribution is -2.39. The molecule has 0 heterocycles. The first-order valence-electron chi connectivity index (χ1n) is 4.50. The topological polar surface area (TPSA) is 86.2 Å². The molecule has 5 heteroatoms. The van der Waals surface area contributed by atoms with Gasteiger partial charge in [-0.05, 0) is 18.8 Å². The maximum absolute atomic E-state index is 10.7. The molecule has 1 aliphatic carbocycles. The Morgan fingerprint density at radius 2 is 2.29 bits per heavy atom. The van der Waals surface area contributed by atoms with Gasteiger partial charge in [-0.1, -0.05) is 6.08 Å². The van der Waals surface area contributed by atoms with Crippen LogP contribution in [0.15, 0.2) is 12.7 Å². The Balaban J connectivity index is 2.71. The molecule has 0 amide bonds. The summed E-state index contributed by atoms with van der Waals surface area (Å²) >= 11 is 0. The third-order valence-electron chi connectivity index (χ3n) is 2.78. The van der Waals surface area contributed by atoms with Gasteiger partial charge in [0.1, 0.15) is 6.29 Å². The summed E-state index contributed by atoms with van der Waals surface area (Å²) in [5.74, 6) is -0.173. The largest absolute Gasteiger partial charge is 0.319 e. The molecule has 1 saturated carbocycles. The average molecular weight is 198 g/mol. The standard InChI is InChI=1S/C9H14N2O3/c1-2-7-3-9(10,6-12)4-8(7)5-11(13)14/h2,6-8H,1,3-5,10H2/t7-,8+,9+/m0/s1. The Labute approximate surface area is 82.1 Å². The lowest BCUT2D eigenvalue weighted by Gasteiger charge is -2.13. The predicted molar refractivity (Wildman–Crippen MR) is 51.3 cm³/mol. The van der Waals surface area contributed by atoms with Gasteiger partial charge in [0.15, 0.2) is 0 Å². The highest BCUT2D eigenvalue weighted by atomic mass is 16.6. The zero-order chi connectivity index (χ0) is 10.8. The molecule has 0 aromatic heterocycles. The molecule has 14 heavy (non-hydrogen) atoms. The number of nitro groups is 1. The van der Waals surface area contributed by atoms with Crippen molar-refractivity contribution in [1.29, 1.82) is 0 Å². The van der Waals surface area contributed by atoms with E-state index in [-0.39, 0.29) is 23.3 Å². The van der Waals surface area contributed by atoms with Crippen LogP contribution in [-0.4, -0.2) is 23.3 Å². The number of nitrogens with two attached hydrogens (primary N) is 1. The van der Waals surface area contributed by atoms with Crippen LogP contribution in [0.4, 0.5) is 0 Å². The summed E-state index contributed by atoms with van der Waals surface area (Å²) in [6.07, 6.45) is 3.21. The number of allylic oxidation sites excluding steroid dienone is 1. The van der Waals surface area contributed by atoms with Gasteiger partial charge < -0.3 is 10.5 Å². The highest BCUT2D eigenvalue weighted by Gasteiger charge is 2.43. The van der Waals surface area contributed by atoms with Crippen molar-refractivity contribution in [2.24, 2.45) is 17.6 Å². The fourth-order valence-corrected chi connectivity index (χ4v) is 2.09. The number of nitrogens with zero attached hydrogens (tertiary/aromatic N) is 1. The molecule has 0 aromatic carbocycles. The first-order chi connectivity index (χ1) is 6.50. The highest BCUT2D eigenvalue weighted by Crippen LogP contribution is 2.37. The second kappa shape index (κ2) is 3.88. The molecule has 1 aliphatic rings. The Kier molecular flexibility index (Phi) is 3.00. The van der Waals surface area contributed by atoms with Crippen molar-refractivity contribution < 1.29 is 9.72 Å². The second-order valence-electron chi connectivity index (χ2n) is 3.93. The molecule has 0 aliphatic heterocycles. The van der Waals surface area contributed by atoms with Gasteiger partial charge >= 0.3 is 0 Å². The van der Waals surface area contributed by atoms with Gasteiger partial charge in [-0.15, -0.1) is 6.58 Å². The molecule has 0 spiro atoms. The predicted octanol–water partition coefficient (Wildman–Crippen LogP) is 0.372. The quantitative estimate of drug-likeness (QED) is 0.306. The van der Waals surface area contributed by atoms with E-state index in [9.17, 15) is 14.9 Å². The SMILES string of the molecule is C=C[C@H]1C[C@](N)(C=O)C[C@@H]1C[N+](=O)[O-]. The Bertz CT molecular complexity index is 267. The molecule has 2 N–H and O–H groups in total. The second-order valence-corrected chi connectivity index (χ2v) is 3.93.